The highest BCUT2D eigenvalue weighted by atomic mass is 28.4. The number of pyridine rings is 1. The molecule has 0 aromatic carbocycles. The summed E-state index contributed by atoms with van der Waals surface area (Å²) in [5, 5.41) is 5.64. The molecule has 1 aromatic heterocycles. The van der Waals surface area contributed by atoms with E-state index in [1.54, 1.807) is 6.20 Å². The lowest BCUT2D eigenvalue weighted by atomic mass is 10.1. The molecule has 0 bridgehead atoms. The fraction of sp³-hybridized carbons (Fsp3) is 0.588. The van der Waals surface area contributed by atoms with Gasteiger partial charge in [0.2, 0.25) is 11.8 Å². The van der Waals surface area contributed by atoms with E-state index >= 15 is 0 Å². The maximum Gasteiger partial charge on any atom is 0.249 e. The molecule has 1 aliphatic rings. The number of nitrogens with one attached hydrogen (secondary N) is 2. The number of hydrogen-bond acceptors (Lipinski definition) is 5. The lowest BCUT2D eigenvalue weighted by molar-refractivity contribution is -0.133. The molecule has 24 heavy (non-hydrogen) atoms. The highest BCUT2D eigenvalue weighted by Gasteiger charge is 2.37. The molecule has 6 nitrogen and oxygen atoms in total. The second-order valence-electron chi connectivity index (χ2n) is 7.71. The van der Waals surface area contributed by atoms with Crippen LogP contribution in [0.4, 0.5) is 5.82 Å². The molecule has 2 rings (SSSR count). The number of piperidine rings is 1. The molecule has 132 valence electrons. The Morgan fingerprint density at radius 1 is 1.38 bits per heavy atom. The zero-order valence-corrected chi connectivity index (χ0v) is 16.1. The van der Waals surface area contributed by atoms with Crippen LogP contribution in [0.5, 0.6) is 0 Å². The summed E-state index contributed by atoms with van der Waals surface area (Å²) >= 11 is 0. The SMILES string of the molecule is CC(C)(C)[Si](C)(C)OCc1cccnc1NC1CCC(=O)NC1=O. The summed E-state index contributed by atoms with van der Waals surface area (Å²) in [7, 11) is -1.87. The summed E-state index contributed by atoms with van der Waals surface area (Å²) in [5.41, 5.74) is 0.923. The summed E-state index contributed by atoms with van der Waals surface area (Å²) in [6, 6.07) is 3.37. The topological polar surface area (TPSA) is 80.3 Å². The molecule has 0 radical (unpaired) electrons. The van der Waals surface area contributed by atoms with E-state index < -0.39 is 14.4 Å². The van der Waals surface area contributed by atoms with E-state index in [-0.39, 0.29) is 16.9 Å². The number of anilines is 1. The van der Waals surface area contributed by atoms with Crippen molar-refractivity contribution >= 4 is 25.9 Å². The normalized spacial score (nSPS) is 19.1. The van der Waals surface area contributed by atoms with Crippen molar-refractivity contribution < 1.29 is 14.0 Å². The van der Waals surface area contributed by atoms with Crippen LogP contribution >= 0.6 is 0 Å². The predicted molar refractivity (Wildman–Crippen MR) is 96.0 cm³/mol. The Labute approximate surface area is 144 Å². The van der Waals surface area contributed by atoms with Crippen molar-refractivity contribution in [3.63, 3.8) is 0 Å². The number of carbonyl (C=O) groups is 2. The highest BCUT2D eigenvalue weighted by Crippen LogP contribution is 2.37. The molecule has 1 aromatic rings. The van der Waals surface area contributed by atoms with Gasteiger partial charge in [-0.1, -0.05) is 26.8 Å². The Morgan fingerprint density at radius 3 is 2.71 bits per heavy atom. The Morgan fingerprint density at radius 2 is 2.08 bits per heavy atom. The molecule has 0 saturated carbocycles. The van der Waals surface area contributed by atoms with Crippen molar-refractivity contribution in [1.29, 1.82) is 0 Å². The average Bonchev–Trinajstić information content (AvgIpc) is 2.48. The summed E-state index contributed by atoms with van der Waals surface area (Å²) < 4.78 is 6.26. The highest BCUT2D eigenvalue weighted by molar-refractivity contribution is 6.74. The van der Waals surface area contributed by atoms with Crippen molar-refractivity contribution in [1.82, 2.24) is 10.3 Å². The van der Waals surface area contributed by atoms with Gasteiger partial charge in [-0.2, -0.15) is 0 Å². The van der Waals surface area contributed by atoms with Crippen molar-refractivity contribution in [2.45, 2.75) is 64.4 Å². The van der Waals surface area contributed by atoms with Crippen LogP contribution in [0.15, 0.2) is 18.3 Å². The van der Waals surface area contributed by atoms with Gasteiger partial charge in [-0.3, -0.25) is 14.9 Å². The van der Waals surface area contributed by atoms with Crippen LogP contribution in [0.2, 0.25) is 18.1 Å². The first-order chi connectivity index (χ1) is 11.1. The van der Waals surface area contributed by atoms with E-state index in [2.05, 4.69) is 49.5 Å². The van der Waals surface area contributed by atoms with E-state index in [1.807, 2.05) is 12.1 Å². The van der Waals surface area contributed by atoms with Gasteiger partial charge in [-0.05, 0) is 30.6 Å². The van der Waals surface area contributed by atoms with Gasteiger partial charge in [0.25, 0.3) is 0 Å². The van der Waals surface area contributed by atoms with Crippen LogP contribution in [0.3, 0.4) is 0 Å². The van der Waals surface area contributed by atoms with Crippen LogP contribution in [0, 0.1) is 0 Å². The third-order valence-corrected chi connectivity index (χ3v) is 9.31. The Bertz CT molecular complexity index is 626. The lowest BCUT2D eigenvalue weighted by Crippen LogP contribution is -2.47. The summed E-state index contributed by atoms with van der Waals surface area (Å²) in [4.78, 5) is 27.5. The average molecular weight is 350 g/mol. The molecule has 0 aliphatic carbocycles. The number of nitrogens with zero attached hydrogens (tertiary/aromatic N) is 1. The molecule has 1 unspecified atom stereocenters. The molecule has 7 heteroatoms. The number of imide groups is 1. The number of amides is 2. The van der Waals surface area contributed by atoms with Crippen molar-refractivity contribution in [3.8, 4) is 0 Å². The van der Waals surface area contributed by atoms with E-state index in [1.165, 1.54) is 0 Å². The standard InChI is InChI=1S/C17H27N3O3Si/c1-17(2,3)24(4,5)23-11-12-7-6-10-18-15(12)19-13-8-9-14(21)20-16(13)22/h6-7,10,13H,8-9,11H2,1-5H3,(H,18,19)(H,20,21,22). The van der Waals surface area contributed by atoms with E-state index in [4.69, 9.17) is 4.43 Å². The molecule has 2 N–H and O–H groups in total. The largest absolute Gasteiger partial charge is 0.412 e. The molecule has 2 amide bonds. The van der Waals surface area contributed by atoms with Crippen LogP contribution in [-0.4, -0.2) is 31.2 Å². The van der Waals surface area contributed by atoms with Gasteiger partial charge < -0.3 is 9.74 Å². The molecule has 1 saturated heterocycles. The summed E-state index contributed by atoms with van der Waals surface area (Å²) in [6.45, 7) is 11.5. The van der Waals surface area contributed by atoms with Crippen molar-refractivity contribution in [2.75, 3.05) is 5.32 Å². The second kappa shape index (κ2) is 7.02. The van der Waals surface area contributed by atoms with E-state index in [0.29, 0.717) is 25.3 Å². The number of aromatic nitrogens is 1. The maximum absolute atomic E-state index is 11.9. The second-order valence-corrected chi connectivity index (χ2v) is 12.5. The smallest absolute Gasteiger partial charge is 0.249 e. The van der Waals surface area contributed by atoms with E-state index in [0.717, 1.165) is 5.56 Å². The number of rotatable bonds is 5. The maximum atomic E-state index is 11.9. The van der Waals surface area contributed by atoms with Crippen LogP contribution in [-0.2, 0) is 20.6 Å². The molecule has 1 atom stereocenters. The van der Waals surface area contributed by atoms with Gasteiger partial charge in [-0.25, -0.2) is 4.98 Å². The molecular formula is C17H27N3O3Si. The zero-order valence-electron chi connectivity index (χ0n) is 15.1. The monoisotopic (exact) mass is 349 g/mol. The minimum atomic E-state index is -1.87. The molecule has 1 fully saturated rings. The van der Waals surface area contributed by atoms with Crippen LogP contribution in [0.1, 0.15) is 39.2 Å². The first-order valence-corrected chi connectivity index (χ1v) is 11.2. The first-order valence-electron chi connectivity index (χ1n) is 8.28. The molecule has 2 heterocycles. The Balaban J connectivity index is 2.08. The fourth-order valence-corrected chi connectivity index (χ4v) is 3.11. The fourth-order valence-electron chi connectivity index (χ4n) is 2.16. The quantitative estimate of drug-likeness (QED) is 0.631. The van der Waals surface area contributed by atoms with Gasteiger partial charge >= 0.3 is 0 Å². The lowest BCUT2D eigenvalue weighted by Gasteiger charge is -2.36. The Kier molecular flexibility index (Phi) is 5.44. The third kappa shape index (κ3) is 4.42. The van der Waals surface area contributed by atoms with Gasteiger partial charge in [0, 0.05) is 18.2 Å². The van der Waals surface area contributed by atoms with Crippen molar-refractivity contribution in [3.05, 3.63) is 23.9 Å². The summed E-state index contributed by atoms with van der Waals surface area (Å²) in [6.07, 6.45) is 2.50. The van der Waals surface area contributed by atoms with Crippen LogP contribution < -0.4 is 10.6 Å². The minimum absolute atomic E-state index is 0.131. The number of hydrogen-bond donors (Lipinski definition) is 2. The molecule has 0 spiro atoms. The van der Waals surface area contributed by atoms with Crippen molar-refractivity contribution in [2.24, 2.45) is 0 Å². The zero-order chi connectivity index (χ0) is 18.0. The summed E-state index contributed by atoms with van der Waals surface area (Å²) in [5.74, 6) is 0.124. The minimum Gasteiger partial charge on any atom is -0.412 e. The van der Waals surface area contributed by atoms with Gasteiger partial charge in [-0.15, -0.1) is 0 Å². The van der Waals surface area contributed by atoms with Gasteiger partial charge in [0.15, 0.2) is 8.32 Å². The first kappa shape index (κ1) is 18.6. The van der Waals surface area contributed by atoms with Gasteiger partial charge in [0.05, 0.1) is 6.61 Å². The molecule has 1 aliphatic heterocycles. The third-order valence-electron chi connectivity index (χ3n) is 4.84. The number of carbonyl (C=O) groups excluding carboxylic acids is 2. The van der Waals surface area contributed by atoms with E-state index in [9.17, 15) is 9.59 Å². The van der Waals surface area contributed by atoms with Gasteiger partial charge in [0.1, 0.15) is 11.9 Å². The van der Waals surface area contributed by atoms with Crippen LogP contribution in [0.25, 0.3) is 0 Å². The predicted octanol–water partition coefficient (Wildman–Crippen LogP) is 2.82. The Hall–Kier alpha value is -1.73. The molecular weight excluding hydrogens is 322 g/mol.